The molecule has 0 amide bonds. The van der Waals surface area contributed by atoms with Gasteiger partial charge in [-0.05, 0) is 20.0 Å². The van der Waals surface area contributed by atoms with Gasteiger partial charge in [0.1, 0.15) is 0 Å². The van der Waals surface area contributed by atoms with Gasteiger partial charge in [0.2, 0.25) is 0 Å². The summed E-state index contributed by atoms with van der Waals surface area (Å²) >= 11 is 0. The summed E-state index contributed by atoms with van der Waals surface area (Å²) in [6, 6.07) is 3.11. The van der Waals surface area contributed by atoms with Crippen LogP contribution in [0.2, 0.25) is 0 Å². The van der Waals surface area contributed by atoms with E-state index >= 15 is 0 Å². The average Bonchev–Trinajstić information content (AvgIpc) is 2.55. The van der Waals surface area contributed by atoms with Crippen LogP contribution in [0.3, 0.4) is 0 Å². The molecule has 59 valence electrons. The first kappa shape index (κ1) is 6.85. The van der Waals surface area contributed by atoms with Crippen molar-refractivity contribution < 1.29 is 0 Å². The number of hydrogen-bond donors (Lipinski definition) is 1. The second-order valence-corrected chi connectivity index (χ2v) is 3.16. The Labute approximate surface area is 66.4 Å². The number of H-pyrrole nitrogens is 1. The zero-order valence-corrected chi connectivity index (χ0v) is 6.67. The summed E-state index contributed by atoms with van der Waals surface area (Å²) in [5, 5.41) is 6.92. The van der Waals surface area contributed by atoms with Gasteiger partial charge in [0.25, 0.3) is 0 Å². The highest BCUT2D eigenvalue weighted by molar-refractivity contribution is 5.06. The van der Waals surface area contributed by atoms with Crippen LogP contribution in [0.25, 0.3) is 0 Å². The van der Waals surface area contributed by atoms with Crippen LogP contribution in [0.5, 0.6) is 0 Å². The number of likely N-dealkylation sites (tertiary alicyclic amines) is 1. The molecule has 1 aliphatic heterocycles. The summed E-state index contributed by atoms with van der Waals surface area (Å²) in [5.74, 6) is 0.603. The molecule has 1 aromatic rings. The predicted octanol–water partition coefficient (Wildman–Crippen LogP) is 0.629. The molecule has 1 unspecified atom stereocenters. The Bertz CT molecular complexity index is 217. The Kier molecular flexibility index (Phi) is 1.66. The quantitative estimate of drug-likeness (QED) is 0.636. The third kappa shape index (κ3) is 1.28. The first-order chi connectivity index (χ1) is 5.36. The van der Waals surface area contributed by atoms with E-state index in [9.17, 15) is 0 Å². The Morgan fingerprint density at radius 3 is 3.27 bits per heavy atom. The molecule has 1 radical (unpaired) electrons. The summed E-state index contributed by atoms with van der Waals surface area (Å²) < 4.78 is 0. The number of likely N-dealkylation sites (N-methyl/N-ethyl adjacent to an activating group) is 1. The maximum Gasteiger partial charge on any atom is 0.0745 e. The summed E-state index contributed by atoms with van der Waals surface area (Å²) in [6.45, 7) is 2.31. The van der Waals surface area contributed by atoms with E-state index in [0.29, 0.717) is 5.92 Å². The van der Waals surface area contributed by atoms with Gasteiger partial charge in [-0.15, -0.1) is 0 Å². The fraction of sp³-hybridized carbons (Fsp3) is 0.625. The number of aromatic nitrogens is 2. The number of hydrogen-bond acceptors (Lipinski definition) is 2. The molecule has 2 rings (SSSR count). The highest BCUT2D eigenvalue weighted by atomic mass is 15.1. The van der Waals surface area contributed by atoms with Crippen LogP contribution >= 0.6 is 0 Å². The minimum Gasteiger partial charge on any atom is -0.306 e. The van der Waals surface area contributed by atoms with Crippen LogP contribution in [0, 0.1) is 6.07 Å². The maximum atomic E-state index is 4.13. The highest BCUT2D eigenvalue weighted by Crippen LogP contribution is 2.23. The standard InChI is InChI=1S/C8H12N3/c1-11-5-3-7(6-11)8-2-4-9-10-8/h4,7H,3,5-6H2,1H3,(H,9,10). The van der Waals surface area contributed by atoms with Crippen molar-refractivity contribution in [2.45, 2.75) is 12.3 Å². The largest absolute Gasteiger partial charge is 0.306 e. The molecular formula is C8H12N3. The summed E-state index contributed by atoms with van der Waals surface area (Å²) in [5.41, 5.74) is 1.09. The molecule has 3 heteroatoms. The third-order valence-corrected chi connectivity index (χ3v) is 2.25. The molecule has 0 spiro atoms. The molecule has 11 heavy (non-hydrogen) atoms. The van der Waals surface area contributed by atoms with Crippen LogP contribution in [-0.2, 0) is 0 Å². The van der Waals surface area contributed by atoms with Crippen molar-refractivity contribution in [1.82, 2.24) is 15.1 Å². The summed E-state index contributed by atoms with van der Waals surface area (Å²) in [4.78, 5) is 2.33. The van der Waals surface area contributed by atoms with E-state index in [-0.39, 0.29) is 0 Å². The molecule has 0 aromatic carbocycles. The zero-order chi connectivity index (χ0) is 7.68. The predicted molar refractivity (Wildman–Crippen MR) is 42.3 cm³/mol. The summed E-state index contributed by atoms with van der Waals surface area (Å²) in [6.07, 6.45) is 2.99. The Balaban J connectivity index is 2.08. The number of nitrogens with zero attached hydrogens (tertiary/aromatic N) is 2. The molecule has 1 atom stereocenters. The Hall–Kier alpha value is -0.830. The van der Waals surface area contributed by atoms with Gasteiger partial charge in [-0.1, -0.05) is 0 Å². The molecule has 0 saturated carbocycles. The Morgan fingerprint density at radius 1 is 1.82 bits per heavy atom. The lowest BCUT2D eigenvalue weighted by Gasteiger charge is -2.06. The van der Waals surface area contributed by atoms with Gasteiger partial charge in [0.05, 0.1) is 5.69 Å². The number of aromatic amines is 1. The molecule has 1 aromatic heterocycles. The maximum absolute atomic E-state index is 4.13. The average molecular weight is 150 g/mol. The summed E-state index contributed by atoms with van der Waals surface area (Å²) in [7, 11) is 2.15. The first-order valence-electron chi connectivity index (χ1n) is 3.96. The van der Waals surface area contributed by atoms with Crippen molar-refractivity contribution in [2.75, 3.05) is 20.1 Å². The van der Waals surface area contributed by atoms with Crippen molar-refractivity contribution >= 4 is 0 Å². The lowest BCUT2D eigenvalue weighted by molar-refractivity contribution is 0.410. The van der Waals surface area contributed by atoms with Crippen molar-refractivity contribution in [3.63, 3.8) is 0 Å². The lowest BCUT2D eigenvalue weighted by Crippen LogP contribution is -2.13. The third-order valence-electron chi connectivity index (χ3n) is 2.25. The van der Waals surface area contributed by atoms with Gasteiger partial charge < -0.3 is 4.90 Å². The molecule has 1 N–H and O–H groups in total. The van der Waals surface area contributed by atoms with E-state index in [1.54, 1.807) is 6.20 Å². The fourth-order valence-corrected chi connectivity index (χ4v) is 1.61. The zero-order valence-electron chi connectivity index (χ0n) is 6.67. The van der Waals surface area contributed by atoms with E-state index in [2.05, 4.69) is 28.2 Å². The SMILES string of the molecule is CN1CCC(c2[c]c[nH]n2)C1. The lowest BCUT2D eigenvalue weighted by atomic mass is 10.1. The van der Waals surface area contributed by atoms with E-state index in [0.717, 1.165) is 12.2 Å². The van der Waals surface area contributed by atoms with Crippen LogP contribution < -0.4 is 0 Å². The van der Waals surface area contributed by atoms with Gasteiger partial charge in [-0.2, -0.15) is 5.10 Å². The molecule has 0 bridgehead atoms. The van der Waals surface area contributed by atoms with Gasteiger partial charge in [0.15, 0.2) is 0 Å². The van der Waals surface area contributed by atoms with E-state index in [1.165, 1.54) is 13.0 Å². The molecule has 0 aliphatic carbocycles. The second-order valence-electron chi connectivity index (χ2n) is 3.16. The van der Waals surface area contributed by atoms with E-state index in [4.69, 9.17) is 0 Å². The second kappa shape index (κ2) is 2.66. The highest BCUT2D eigenvalue weighted by Gasteiger charge is 2.22. The van der Waals surface area contributed by atoms with E-state index in [1.807, 2.05) is 0 Å². The van der Waals surface area contributed by atoms with Gasteiger partial charge in [-0.3, -0.25) is 5.10 Å². The molecule has 1 saturated heterocycles. The minimum absolute atomic E-state index is 0.603. The van der Waals surface area contributed by atoms with Crippen LogP contribution in [0.1, 0.15) is 18.0 Å². The van der Waals surface area contributed by atoms with Gasteiger partial charge >= 0.3 is 0 Å². The van der Waals surface area contributed by atoms with Crippen molar-refractivity contribution in [3.05, 3.63) is 18.0 Å². The molecule has 1 aliphatic rings. The molecule has 1 fully saturated rings. The molecule has 2 heterocycles. The minimum atomic E-state index is 0.603. The van der Waals surface area contributed by atoms with Crippen LogP contribution in [-0.4, -0.2) is 35.2 Å². The van der Waals surface area contributed by atoms with Crippen molar-refractivity contribution in [3.8, 4) is 0 Å². The van der Waals surface area contributed by atoms with Crippen molar-refractivity contribution in [2.24, 2.45) is 0 Å². The smallest absolute Gasteiger partial charge is 0.0745 e. The first-order valence-corrected chi connectivity index (χ1v) is 3.96. The molecular weight excluding hydrogens is 138 g/mol. The van der Waals surface area contributed by atoms with Crippen LogP contribution in [0.4, 0.5) is 0 Å². The monoisotopic (exact) mass is 150 g/mol. The van der Waals surface area contributed by atoms with Crippen molar-refractivity contribution in [1.29, 1.82) is 0 Å². The van der Waals surface area contributed by atoms with Gasteiger partial charge in [-0.25, -0.2) is 0 Å². The topological polar surface area (TPSA) is 31.9 Å². The van der Waals surface area contributed by atoms with E-state index < -0.39 is 0 Å². The van der Waals surface area contributed by atoms with Gasteiger partial charge in [0, 0.05) is 24.7 Å². The molecule has 3 nitrogen and oxygen atoms in total. The normalized spacial score (nSPS) is 26.1. The number of rotatable bonds is 1. The Morgan fingerprint density at radius 2 is 2.73 bits per heavy atom. The van der Waals surface area contributed by atoms with Crippen LogP contribution in [0.15, 0.2) is 6.20 Å². The fourth-order valence-electron chi connectivity index (χ4n) is 1.61. The number of nitrogens with one attached hydrogen (secondary N) is 1.